The Morgan fingerprint density at radius 1 is 1.25 bits per heavy atom. The number of amides is 2. The van der Waals surface area contributed by atoms with E-state index in [1.807, 2.05) is 0 Å². The average molecular weight is 425 g/mol. The molecule has 0 radical (unpaired) electrons. The van der Waals surface area contributed by atoms with E-state index in [9.17, 15) is 14.0 Å². The van der Waals surface area contributed by atoms with Gasteiger partial charge in [-0.1, -0.05) is 11.6 Å². The molecule has 0 bridgehead atoms. The summed E-state index contributed by atoms with van der Waals surface area (Å²) in [5, 5.41) is 6.31. The first-order valence-corrected chi connectivity index (χ1v) is 10.4. The lowest BCUT2D eigenvalue weighted by atomic mass is 9.95. The fourth-order valence-corrected chi connectivity index (χ4v) is 4.69. The number of methoxy groups -OCH3 is 1. The van der Waals surface area contributed by atoms with E-state index < -0.39 is 11.7 Å². The van der Waals surface area contributed by atoms with E-state index in [1.165, 1.54) is 23.5 Å². The molecule has 150 valence electrons. The first kappa shape index (κ1) is 20.8. The third-order valence-corrected chi connectivity index (χ3v) is 6.05. The number of rotatable bonds is 7. The standard InChI is InChI=1S/C20H22ClFN2O3S/c1-27-10-4-9-23-19(26)17-14-5-2-3-6-16(14)28-20(17)24-18(25)13-8-7-12(21)11-15(13)22/h7-8,11H,2-6,9-10H2,1H3,(H,23,26)(H,24,25). The van der Waals surface area contributed by atoms with E-state index >= 15 is 0 Å². The quantitative estimate of drug-likeness (QED) is 0.646. The van der Waals surface area contributed by atoms with E-state index in [0.29, 0.717) is 30.1 Å². The maximum absolute atomic E-state index is 14.1. The van der Waals surface area contributed by atoms with Gasteiger partial charge in [0.2, 0.25) is 0 Å². The molecule has 1 aromatic carbocycles. The number of benzene rings is 1. The smallest absolute Gasteiger partial charge is 0.259 e. The third-order valence-electron chi connectivity index (χ3n) is 4.61. The number of ether oxygens (including phenoxy) is 1. The van der Waals surface area contributed by atoms with Crippen LogP contribution in [-0.4, -0.2) is 32.1 Å². The van der Waals surface area contributed by atoms with Crippen LogP contribution in [0.3, 0.4) is 0 Å². The lowest BCUT2D eigenvalue weighted by Crippen LogP contribution is -2.27. The number of hydrogen-bond donors (Lipinski definition) is 2. The van der Waals surface area contributed by atoms with Crippen LogP contribution in [0.5, 0.6) is 0 Å². The molecular formula is C20H22ClFN2O3S. The molecule has 1 aromatic heterocycles. The van der Waals surface area contributed by atoms with Gasteiger partial charge in [0.05, 0.1) is 11.1 Å². The Morgan fingerprint density at radius 2 is 2.04 bits per heavy atom. The summed E-state index contributed by atoms with van der Waals surface area (Å²) in [4.78, 5) is 26.5. The number of aryl methyl sites for hydroxylation is 1. The van der Waals surface area contributed by atoms with E-state index in [2.05, 4.69) is 10.6 Å². The average Bonchev–Trinajstić information content (AvgIpc) is 3.02. The van der Waals surface area contributed by atoms with Crippen molar-refractivity contribution in [3.8, 4) is 0 Å². The van der Waals surface area contributed by atoms with Crippen LogP contribution in [-0.2, 0) is 17.6 Å². The maximum Gasteiger partial charge on any atom is 0.259 e. The van der Waals surface area contributed by atoms with Gasteiger partial charge in [0, 0.05) is 30.2 Å². The molecule has 0 saturated carbocycles. The molecule has 2 aromatic rings. The van der Waals surface area contributed by atoms with E-state index in [4.69, 9.17) is 16.3 Å². The number of fused-ring (bicyclic) bond motifs is 1. The Balaban J connectivity index is 1.84. The van der Waals surface area contributed by atoms with Gasteiger partial charge in [-0.15, -0.1) is 11.3 Å². The van der Waals surface area contributed by atoms with Gasteiger partial charge in [-0.3, -0.25) is 9.59 Å². The van der Waals surface area contributed by atoms with Gasteiger partial charge < -0.3 is 15.4 Å². The Hall–Kier alpha value is -1.96. The zero-order valence-corrected chi connectivity index (χ0v) is 17.1. The highest BCUT2D eigenvalue weighted by atomic mass is 35.5. The van der Waals surface area contributed by atoms with Crippen molar-refractivity contribution in [3.05, 3.63) is 50.6 Å². The molecule has 0 spiro atoms. The zero-order chi connectivity index (χ0) is 20.1. The van der Waals surface area contributed by atoms with Crippen LogP contribution >= 0.6 is 22.9 Å². The predicted molar refractivity (Wildman–Crippen MR) is 109 cm³/mol. The highest BCUT2D eigenvalue weighted by Crippen LogP contribution is 2.38. The van der Waals surface area contributed by atoms with E-state index in [1.54, 1.807) is 7.11 Å². The summed E-state index contributed by atoms with van der Waals surface area (Å²) in [6, 6.07) is 3.90. The topological polar surface area (TPSA) is 67.4 Å². The normalized spacial score (nSPS) is 13.1. The summed E-state index contributed by atoms with van der Waals surface area (Å²) in [5.74, 6) is -1.51. The fraction of sp³-hybridized carbons (Fsp3) is 0.400. The van der Waals surface area contributed by atoms with Gasteiger partial charge in [0.25, 0.3) is 11.8 Å². The van der Waals surface area contributed by atoms with Crippen LogP contribution < -0.4 is 10.6 Å². The minimum Gasteiger partial charge on any atom is -0.385 e. The first-order chi connectivity index (χ1) is 13.5. The number of halogens is 2. The molecule has 8 heteroatoms. The summed E-state index contributed by atoms with van der Waals surface area (Å²) in [5.41, 5.74) is 1.38. The Bertz CT molecular complexity index is 885. The molecule has 1 aliphatic carbocycles. The van der Waals surface area contributed by atoms with Crippen LogP contribution in [0, 0.1) is 5.82 Å². The summed E-state index contributed by atoms with van der Waals surface area (Å²) in [6.45, 7) is 1.04. The molecule has 2 amide bonds. The summed E-state index contributed by atoms with van der Waals surface area (Å²) in [7, 11) is 1.61. The maximum atomic E-state index is 14.1. The zero-order valence-electron chi connectivity index (χ0n) is 15.6. The predicted octanol–water partition coefficient (Wildman–Crippen LogP) is 4.44. The molecule has 0 fully saturated rings. The molecule has 1 aliphatic rings. The Labute approximate surface area is 172 Å². The van der Waals surface area contributed by atoms with Gasteiger partial charge in [0.15, 0.2) is 0 Å². The lowest BCUT2D eigenvalue weighted by Gasteiger charge is -2.13. The van der Waals surface area contributed by atoms with E-state index in [-0.39, 0.29) is 16.5 Å². The fourth-order valence-electron chi connectivity index (χ4n) is 3.25. The van der Waals surface area contributed by atoms with Gasteiger partial charge in [-0.25, -0.2) is 4.39 Å². The van der Waals surface area contributed by atoms with Crippen LogP contribution in [0.15, 0.2) is 18.2 Å². The second-order valence-electron chi connectivity index (χ2n) is 6.60. The number of hydrogen-bond acceptors (Lipinski definition) is 4. The van der Waals surface area contributed by atoms with Crippen molar-refractivity contribution in [1.29, 1.82) is 0 Å². The van der Waals surface area contributed by atoms with Crippen molar-refractivity contribution in [1.82, 2.24) is 5.32 Å². The minimum absolute atomic E-state index is 0.109. The van der Waals surface area contributed by atoms with Crippen molar-refractivity contribution in [2.24, 2.45) is 0 Å². The van der Waals surface area contributed by atoms with Crippen molar-refractivity contribution < 1.29 is 18.7 Å². The van der Waals surface area contributed by atoms with Gasteiger partial charge in [0.1, 0.15) is 10.8 Å². The monoisotopic (exact) mass is 424 g/mol. The molecule has 0 aliphatic heterocycles. The van der Waals surface area contributed by atoms with Crippen LogP contribution in [0.25, 0.3) is 0 Å². The highest BCUT2D eigenvalue weighted by molar-refractivity contribution is 7.17. The number of thiophene rings is 1. The second-order valence-corrected chi connectivity index (χ2v) is 8.14. The van der Waals surface area contributed by atoms with Gasteiger partial charge >= 0.3 is 0 Å². The molecule has 0 unspecified atom stereocenters. The molecule has 28 heavy (non-hydrogen) atoms. The number of anilines is 1. The number of nitrogens with one attached hydrogen (secondary N) is 2. The van der Waals surface area contributed by atoms with Crippen LogP contribution in [0.2, 0.25) is 5.02 Å². The highest BCUT2D eigenvalue weighted by Gasteiger charge is 2.27. The first-order valence-electron chi connectivity index (χ1n) is 9.19. The lowest BCUT2D eigenvalue weighted by molar-refractivity contribution is 0.0948. The Morgan fingerprint density at radius 3 is 2.79 bits per heavy atom. The van der Waals surface area contributed by atoms with Crippen LogP contribution in [0.4, 0.5) is 9.39 Å². The molecule has 0 atom stereocenters. The molecule has 3 rings (SSSR count). The second kappa shape index (κ2) is 9.49. The van der Waals surface area contributed by atoms with Crippen LogP contribution in [0.1, 0.15) is 50.4 Å². The van der Waals surface area contributed by atoms with Crippen molar-refractivity contribution in [3.63, 3.8) is 0 Å². The van der Waals surface area contributed by atoms with Crippen molar-refractivity contribution in [2.45, 2.75) is 32.1 Å². The largest absolute Gasteiger partial charge is 0.385 e. The number of carbonyl (C=O) groups excluding carboxylic acids is 2. The third kappa shape index (κ3) is 4.71. The van der Waals surface area contributed by atoms with Gasteiger partial charge in [-0.2, -0.15) is 0 Å². The molecule has 0 saturated heterocycles. The summed E-state index contributed by atoms with van der Waals surface area (Å²) in [6.07, 6.45) is 4.45. The van der Waals surface area contributed by atoms with Gasteiger partial charge in [-0.05, 0) is 55.9 Å². The Kier molecular flexibility index (Phi) is 7.04. The summed E-state index contributed by atoms with van der Waals surface area (Å²) >= 11 is 7.16. The minimum atomic E-state index is -0.697. The number of carbonyl (C=O) groups is 2. The summed E-state index contributed by atoms with van der Waals surface area (Å²) < 4.78 is 19.1. The molecular weight excluding hydrogens is 403 g/mol. The molecule has 5 nitrogen and oxygen atoms in total. The SMILES string of the molecule is COCCCNC(=O)c1c(NC(=O)c2ccc(Cl)cc2F)sc2c1CCCC2. The molecule has 2 N–H and O–H groups in total. The van der Waals surface area contributed by atoms with Crippen molar-refractivity contribution >= 4 is 39.8 Å². The van der Waals surface area contributed by atoms with Crippen molar-refractivity contribution in [2.75, 3.05) is 25.6 Å². The molecule has 1 heterocycles. The van der Waals surface area contributed by atoms with E-state index in [0.717, 1.165) is 42.2 Å².